The van der Waals surface area contributed by atoms with Gasteiger partial charge in [0.2, 0.25) is 5.91 Å². The molecule has 1 fully saturated rings. The smallest absolute Gasteiger partial charge is 0.250 e. The van der Waals surface area contributed by atoms with Crippen molar-refractivity contribution in [1.29, 1.82) is 0 Å². The second kappa shape index (κ2) is 7.14. The van der Waals surface area contributed by atoms with Crippen LogP contribution >= 0.6 is 12.2 Å². The molecule has 0 aromatic heterocycles. The molecule has 3 nitrogen and oxygen atoms in total. The van der Waals surface area contributed by atoms with E-state index in [4.69, 9.17) is 12.2 Å². The summed E-state index contributed by atoms with van der Waals surface area (Å²) in [5, 5.41) is 6.11. The van der Waals surface area contributed by atoms with Crippen molar-refractivity contribution in [2.45, 2.75) is 31.7 Å². The van der Waals surface area contributed by atoms with E-state index in [2.05, 4.69) is 10.6 Å². The Morgan fingerprint density at radius 2 is 1.90 bits per heavy atom. The Labute approximate surface area is 123 Å². The van der Waals surface area contributed by atoms with Crippen LogP contribution in [0.2, 0.25) is 0 Å². The Morgan fingerprint density at radius 3 is 2.55 bits per heavy atom. The molecule has 2 rings (SSSR count). The lowest BCUT2D eigenvalue weighted by molar-refractivity contribution is -0.115. The van der Waals surface area contributed by atoms with Crippen molar-refractivity contribution in [3.63, 3.8) is 0 Å². The predicted molar refractivity (Wildman–Crippen MR) is 81.6 cm³/mol. The number of carbonyl (C=O) groups excluding carboxylic acids is 1. The third kappa shape index (κ3) is 4.74. The summed E-state index contributed by atoms with van der Waals surface area (Å²) < 4.78 is 12.7. The average Bonchev–Trinajstić information content (AvgIpc) is 2.90. The number of hydrogen-bond donors (Lipinski definition) is 2. The Bertz CT molecular complexity index is 507. The second-order valence-electron chi connectivity index (χ2n) is 4.83. The molecule has 0 spiro atoms. The fraction of sp³-hybridized carbons (Fsp3) is 0.333. The molecule has 1 aliphatic carbocycles. The van der Waals surface area contributed by atoms with Crippen molar-refractivity contribution in [1.82, 2.24) is 10.6 Å². The van der Waals surface area contributed by atoms with Gasteiger partial charge in [0.1, 0.15) is 5.82 Å². The van der Waals surface area contributed by atoms with E-state index in [1.807, 2.05) is 0 Å². The maximum Gasteiger partial charge on any atom is 0.250 e. The summed E-state index contributed by atoms with van der Waals surface area (Å²) in [6, 6.07) is 6.29. The first-order valence-corrected chi connectivity index (χ1v) is 7.09. The molecule has 0 aliphatic heterocycles. The topological polar surface area (TPSA) is 41.1 Å². The Kier molecular flexibility index (Phi) is 5.24. The molecular weight excluding hydrogens is 275 g/mol. The summed E-state index contributed by atoms with van der Waals surface area (Å²) in [7, 11) is 0. The van der Waals surface area contributed by atoms with Crippen LogP contribution in [0.15, 0.2) is 30.3 Å². The summed E-state index contributed by atoms with van der Waals surface area (Å²) in [5.41, 5.74) is 0.760. The van der Waals surface area contributed by atoms with Gasteiger partial charge in [-0.1, -0.05) is 25.0 Å². The summed E-state index contributed by atoms with van der Waals surface area (Å²) in [5.74, 6) is -0.585. The van der Waals surface area contributed by atoms with E-state index in [0.29, 0.717) is 11.2 Å². The number of rotatable bonds is 3. The van der Waals surface area contributed by atoms with E-state index in [1.165, 1.54) is 31.1 Å². The predicted octanol–water partition coefficient (Wildman–Crippen LogP) is 2.77. The van der Waals surface area contributed by atoms with E-state index < -0.39 is 0 Å². The van der Waals surface area contributed by atoms with E-state index in [0.717, 1.165) is 18.4 Å². The van der Waals surface area contributed by atoms with Gasteiger partial charge in [-0.15, -0.1) is 0 Å². The minimum absolute atomic E-state index is 0.287. The molecule has 5 heteroatoms. The standard InChI is InChI=1S/C15H17FN2OS/c16-12-8-5-11(6-9-12)7-10-14(19)18-15(20)17-13-3-1-2-4-13/h5-10,13H,1-4H2,(H2,17,18,19,20). The van der Waals surface area contributed by atoms with Gasteiger partial charge in [0, 0.05) is 12.1 Å². The molecule has 2 N–H and O–H groups in total. The number of halogens is 1. The molecule has 1 aromatic carbocycles. The van der Waals surface area contributed by atoms with E-state index in [1.54, 1.807) is 18.2 Å². The van der Waals surface area contributed by atoms with Crippen molar-refractivity contribution in [3.05, 3.63) is 41.7 Å². The van der Waals surface area contributed by atoms with E-state index >= 15 is 0 Å². The molecule has 0 heterocycles. The lowest BCUT2D eigenvalue weighted by Gasteiger charge is -2.13. The molecule has 1 aliphatic rings. The third-order valence-electron chi connectivity index (χ3n) is 3.22. The highest BCUT2D eigenvalue weighted by Gasteiger charge is 2.15. The molecular formula is C15H17FN2OS. The van der Waals surface area contributed by atoms with Crippen LogP contribution in [0.1, 0.15) is 31.2 Å². The van der Waals surface area contributed by atoms with Crippen molar-refractivity contribution in [3.8, 4) is 0 Å². The van der Waals surface area contributed by atoms with Crippen molar-refractivity contribution in [2.24, 2.45) is 0 Å². The number of benzene rings is 1. The largest absolute Gasteiger partial charge is 0.360 e. The normalized spacial score (nSPS) is 15.4. The first-order chi connectivity index (χ1) is 9.63. The first kappa shape index (κ1) is 14.7. The van der Waals surface area contributed by atoms with Crippen molar-refractivity contribution in [2.75, 3.05) is 0 Å². The zero-order chi connectivity index (χ0) is 14.4. The van der Waals surface area contributed by atoms with Gasteiger partial charge >= 0.3 is 0 Å². The number of hydrogen-bond acceptors (Lipinski definition) is 2. The molecule has 0 unspecified atom stereocenters. The molecule has 0 atom stereocenters. The average molecular weight is 292 g/mol. The van der Waals surface area contributed by atoms with Crippen LogP contribution in [0.4, 0.5) is 4.39 Å². The van der Waals surface area contributed by atoms with Gasteiger partial charge in [-0.3, -0.25) is 10.1 Å². The van der Waals surface area contributed by atoms with Gasteiger partial charge in [0.05, 0.1) is 0 Å². The molecule has 0 saturated heterocycles. The van der Waals surface area contributed by atoms with Crippen LogP contribution < -0.4 is 10.6 Å². The zero-order valence-corrected chi connectivity index (χ0v) is 11.9. The highest BCUT2D eigenvalue weighted by molar-refractivity contribution is 7.80. The molecule has 1 saturated carbocycles. The zero-order valence-electron chi connectivity index (χ0n) is 11.1. The first-order valence-electron chi connectivity index (χ1n) is 6.68. The Balaban J connectivity index is 1.79. The van der Waals surface area contributed by atoms with Crippen LogP contribution in [0, 0.1) is 5.82 Å². The summed E-state index contributed by atoms with van der Waals surface area (Å²) >= 11 is 5.09. The van der Waals surface area contributed by atoms with Crippen molar-refractivity contribution >= 4 is 29.3 Å². The van der Waals surface area contributed by atoms with Gasteiger partial charge in [-0.05, 0) is 48.8 Å². The van der Waals surface area contributed by atoms with Crippen LogP contribution in [0.3, 0.4) is 0 Å². The maximum atomic E-state index is 12.7. The molecule has 1 aromatic rings. The maximum absolute atomic E-state index is 12.7. The Morgan fingerprint density at radius 1 is 1.25 bits per heavy atom. The van der Waals surface area contributed by atoms with Crippen LogP contribution in [0.25, 0.3) is 6.08 Å². The van der Waals surface area contributed by atoms with Crippen LogP contribution in [0.5, 0.6) is 0 Å². The molecule has 0 bridgehead atoms. The van der Waals surface area contributed by atoms with Gasteiger partial charge in [0.15, 0.2) is 5.11 Å². The Hall–Kier alpha value is -1.75. The second-order valence-corrected chi connectivity index (χ2v) is 5.24. The number of amides is 1. The summed E-state index contributed by atoms with van der Waals surface area (Å²) in [6.07, 6.45) is 7.61. The fourth-order valence-corrected chi connectivity index (χ4v) is 2.46. The van der Waals surface area contributed by atoms with Crippen LogP contribution in [-0.4, -0.2) is 17.1 Å². The van der Waals surface area contributed by atoms with Gasteiger partial charge in [-0.2, -0.15) is 0 Å². The third-order valence-corrected chi connectivity index (χ3v) is 3.44. The minimum Gasteiger partial charge on any atom is -0.360 e. The fourth-order valence-electron chi connectivity index (χ4n) is 2.19. The van der Waals surface area contributed by atoms with Crippen LogP contribution in [-0.2, 0) is 4.79 Å². The number of thiocarbonyl (C=S) groups is 1. The lowest BCUT2D eigenvalue weighted by atomic mass is 10.2. The highest BCUT2D eigenvalue weighted by atomic mass is 32.1. The SMILES string of the molecule is O=C(C=Cc1ccc(F)cc1)NC(=S)NC1CCCC1. The van der Waals surface area contributed by atoms with Crippen molar-refractivity contribution < 1.29 is 9.18 Å². The molecule has 1 amide bonds. The number of nitrogens with one attached hydrogen (secondary N) is 2. The quantitative estimate of drug-likeness (QED) is 0.665. The van der Waals surface area contributed by atoms with Gasteiger partial charge in [-0.25, -0.2) is 4.39 Å². The minimum atomic E-state index is -0.298. The number of carbonyl (C=O) groups is 1. The van der Waals surface area contributed by atoms with Gasteiger partial charge < -0.3 is 5.32 Å². The van der Waals surface area contributed by atoms with E-state index in [-0.39, 0.29) is 11.7 Å². The van der Waals surface area contributed by atoms with E-state index in [9.17, 15) is 9.18 Å². The summed E-state index contributed by atoms with van der Waals surface area (Å²) in [6.45, 7) is 0. The molecule has 106 valence electrons. The summed E-state index contributed by atoms with van der Waals surface area (Å²) in [4.78, 5) is 11.7. The highest BCUT2D eigenvalue weighted by Crippen LogP contribution is 2.17. The van der Waals surface area contributed by atoms with Gasteiger partial charge in [0.25, 0.3) is 0 Å². The monoisotopic (exact) mass is 292 g/mol. The molecule has 0 radical (unpaired) electrons. The molecule has 20 heavy (non-hydrogen) atoms. The lowest BCUT2D eigenvalue weighted by Crippen LogP contribution is -2.42.